The number of aromatic amines is 1. The molecule has 3 aromatic rings. The molecule has 1 aliphatic carbocycles. The molecule has 2 heterocycles. The number of esters is 1. The molecule has 2 aromatic heterocycles. The van der Waals surface area contributed by atoms with Gasteiger partial charge in [0.05, 0.1) is 11.8 Å². The molecule has 1 aliphatic rings. The van der Waals surface area contributed by atoms with E-state index in [4.69, 9.17) is 27.9 Å². The Balaban J connectivity index is 1.34. The van der Waals surface area contributed by atoms with Crippen LogP contribution in [0.1, 0.15) is 36.0 Å². The first-order valence-corrected chi connectivity index (χ1v) is 11.4. The molecule has 0 saturated heterocycles. The molecular formula is C21H19Cl2N3O4S. The number of carbonyl (C=O) groups excluding carboxylic acids is 2. The number of aryl methyl sites for hydroxylation is 3. The first kappa shape index (κ1) is 21.8. The van der Waals surface area contributed by atoms with Crippen molar-refractivity contribution in [2.45, 2.75) is 45.1 Å². The predicted molar refractivity (Wildman–Crippen MR) is 121 cm³/mol. The number of H-pyrrole nitrogens is 1. The Kier molecular flexibility index (Phi) is 6.31. The second kappa shape index (κ2) is 8.98. The molecule has 7 nitrogen and oxygen atoms in total. The minimum absolute atomic E-state index is 0.0137. The van der Waals surface area contributed by atoms with E-state index in [1.54, 1.807) is 29.5 Å². The van der Waals surface area contributed by atoms with Crippen LogP contribution in [0.15, 0.2) is 23.0 Å². The topological polar surface area (TPSA) is 101 Å². The van der Waals surface area contributed by atoms with Gasteiger partial charge in [0.25, 0.3) is 11.5 Å². The minimum Gasteiger partial charge on any atom is -0.453 e. The zero-order valence-electron chi connectivity index (χ0n) is 16.6. The summed E-state index contributed by atoms with van der Waals surface area (Å²) in [6, 6.07) is 4.62. The molecule has 1 unspecified atom stereocenters. The number of halogens is 2. The lowest BCUT2D eigenvalue weighted by Gasteiger charge is -2.14. The summed E-state index contributed by atoms with van der Waals surface area (Å²) in [6.45, 7) is 1.47. The summed E-state index contributed by atoms with van der Waals surface area (Å²) in [5.41, 5.74) is 1.35. The van der Waals surface area contributed by atoms with Crippen LogP contribution in [0.5, 0.6) is 0 Å². The largest absolute Gasteiger partial charge is 0.453 e. The first-order valence-electron chi connectivity index (χ1n) is 9.80. The Morgan fingerprint density at radius 2 is 2.00 bits per heavy atom. The number of hydrogen-bond acceptors (Lipinski definition) is 6. The Hall–Kier alpha value is -2.42. The smallest absolute Gasteiger partial charge is 0.307 e. The maximum Gasteiger partial charge on any atom is 0.307 e. The fourth-order valence-corrected chi connectivity index (χ4v) is 5.37. The number of benzene rings is 1. The molecule has 1 amide bonds. The van der Waals surface area contributed by atoms with Gasteiger partial charge in [-0.15, -0.1) is 11.3 Å². The standard InChI is InChI=1S/C21H19Cl2N3O4S/c1-10(19(28)24-13-8-11(22)7-12(23)9-13)30-17(27)6-5-16-25-20(29)18-14-3-2-4-15(14)31-21(18)26-16/h7-10H,2-6H2,1H3,(H,24,28)(H,25,26,29). The van der Waals surface area contributed by atoms with Crippen molar-refractivity contribution in [1.29, 1.82) is 0 Å². The average Bonchev–Trinajstić information content (AvgIpc) is 3.26. The van der Waals surface area contributed by atoms with Crippen molar-refractivity contribution in [3.05, 3.63) is 54.9 Å². The molecule has 2 N–H and O–H groups in total. The van der Waals surface area contributed by atoms with Crippen molar-refractivity contribution < 1.29 is 14.3 Å². The lowest BCUT2D eigenvalue weighted by molar-refractivity contribution is -0.153. The highest BCUT2D eigenvalue weighted by molar-refractivity contribution is 7.18. The van der Waals surface area contributed by atoms with Crippen LogP contribution in [0.4, 0.5) is 5.69 Å². The fourth-order valence-electron chi connectivity index (χ4n) is 3.57. The summed E-state index contributed by atoms with van der Waals surface area (Å²) in [5, 5.41) is 4.03. The Morgan fingerprint density at radius 3 is 2.74 bits per heavy atom. The monoisotopic (exact) mass is 479 g/mol. The first-order chi connectivity index (χ1) is 14.8. The molecule has 1 atom stereocenters. The number of nitrogens with zero attached hydrogens (tertiary/aromatic N) is 1. The Labute approximate surface area is 191 Å². The van der Waals surface area contributed by atoms with Crippen molar-refractivity contribution in [1.82, 2.24) is 9.97 Å². The van der Waals surface area contributed by atoms with Crippen LogP contribution >= 0.6 is 34.5 Å². The van der Waals surface area contributed by atoms with Gasteiger partial charge in [-0.3, -0.25) is 14.4 Å². The summed E-state index contributed by atoms with van der Waals surface area (Å²) in [5.74, 6) is -0.643. The number of hydrogen-bond donors (Lipinski definition) is 2. The lowest BCUT2D eigenvalue weighted by atomic mass is 10.2. The van der Waals surface area contributed by atoms with E-state index in [0.717, 1.165) is 24.8 Å². The van der Waals surface area contributed by atoms with Crippen LogP contribution in [0.25, 0.3) is 10.2 Å². The van der Waals surface area contributed by atoms with Gasteiger partial charge in [-0.1, -0.05) is 23.2 Å². The van der Waals surface area contributed by atoms with E-state index in [9.17, 15) is 14.4 Å². The number of nitrogens with one attached hydrogen (secondary N) is 2. The number of fused-ring (bicyclic) bond motifs is 3. The van der Waals surface area contributed by atoms with E-state index in [1.807, 2.05) is 0 Å². The Morgan fingerprint density at radius 1 is 1.26 bits per heavy atom. The van der Waals surface area contributed by atoms with E-state index in [1.165, 1.54) is 11.8 Å². The summed E-state index contributed by atoms with van der Waals surface area (Å²) < 4.78 is 5.20. The van der Waals surface area contributed by atoms with Crippen LogP contribution in [0.2, 0.25) is 10.0 Å². The van der Waals surface area contributed by atoms with Crippen LogP contribution in [0, 0.1) is 0 Å². The van der Waals surface area contributed by atoms with Crippen LogP contribution < -0.4 is 10.9 Å². The maximum absolute atomic E-state index is 12.5. The van der Waals surface area contributed by atoms with Crippen LogP contribution in [-0.4, -0.2) is 27.9 Å². The SMILES string of the molecule is CC(OC(=O)CCc1nc2sc3c(c2c(=O)[nH]1)CCC3)C(=O)Nc1cc(Cl)cc(Cl)c1. The van der Waals surface area contributed by atoms with Crippen LogP contribution in [0.3, 0.4) is 0 Å². The number of rotatable bonds is 6. The highest BCUT2D eigenvalue weighted by atomic mass is 35.5. The van der Waals surface area contributed by atoms with E-state index < -0.39 is 18.0 Å². The summed E-state index contributed by atoms with van der Waals surface area (Å²) in [6.07, 6.45) is 2.15. The minimum atomic E-state index is -1.01. The number of carbonyl (C=O) groups is 2. The van der Waals surface area contributed by atoms with Crippen LogP contribution in [-0.2, 0) is 33.6 Å². The van der Waals surface area contributed by atoms with Gasteiger partial charge in [-0.05, 0) is 49.9 Å². The van der Waals surface area contributed by atoms with Crippen molar-refractivity contribution in [2.24, 2.45) is 0 Å². The molecule has 1 aromatic carbocycles. The number of anilines is 1. The highest BCUT2D eigenvalue weighted by Crippen LogP contribution is 2.34. The third kappa shape index (κ3) is 4.92. The number of aromatic nitrogens is 2. The maximum atomic E-state index is 12.5. The van der Waals surface area contributed by atoms with Gasteiger partial charge in [-0.25, -0.2) is 4.98 Å². The molecule has 31 heavy (non-hydrogen) atoms. The van der Waals surface area contributed by atoms with Crippen molar-refractivity contribution in [3.63, 3.8) is 0 Å². The molecule has 0 fully saturated rings. The molecular weight excluding hydrogens is 461 g/mol. The van der Waals surface area contributed by atoms with Gasteiger partial charge in [0.2, 0.25) is 0 Å². The van der Waals surface area contributed by atoms with Gasteiger partial charge in [-0.2, -0.15) is 0 Å². The lowest BCUT2D eigenvalue weighted by Crippen LogP contribution is -2.30. The Bertz CT molecular complexity index is 1220. The summed E-state index contributed by atoms with van der Waals surface area (Å²) >= 11 is 13.4. The van der Waals surface area contributed by atoms with Crippen molar-refractivity contribution >= 4 is 62.3 Å². The molecule has 0 spiro atoms. The van der Waals surface area contributed by atoms with E-state index in [-0.39, 0.29) is 18.4 Å². The fraction of sp³-hybridized carbons (Fsp3) is 0.333. The molecule has 10 heteroatoms. The molecule has 0 bridgehead atoms. The molecule has 0 aliphatic heterocycles. The molecule has 0 radical (unpaired) electrons. The third-order valence-corrected chi connectivity index (χ3v) is 6.62. The zero-order chi connectivity index (χ0) is 22.1. The molecule has 0 saturated carbocycles. The molecule has 4 rings (SSSR count). The van der Waals surface area contributed by atoms with E-state index >= 15 is 0 Å². The van der Waals surface area contributed by atoms with E-state index in [2.05, 4.69) is 15.3 Å². The second-order valence-electron chi connectivity index (χ2n) is 7.33. The third-order valence-electron chi connectivity index (χ3n) is 5.00. The second-order valence-corrected chi connectivity index (χ2v) is 9.29. The van der Waals surface area contributed by atoms with Gasteiger partial charge < -0.3 is 15.0 Å². The van der Waals surface area contributed by atoms with Gasteiger partial charge in [0.15, 0.2) is 6.10 Å². The van der Waals surface area contributed by atoms with Gasteiger partial charge in [0.1, 0.15) is 10.7 Å². The number of amides is 1. The van der Waals surface area contributed by atoms with E-state index in [0.29, 0.717) is 31.8 Å². The normalized spacial score (nSPS) is 13.8. The number of ether oxygens (including phenoxy) is 1. The zero-order valence-corrected chi connectivity index (χ0v) is 18.9. The van der Waals surface area contributed by atoms with Gasteiger partial charge in [0, 0.05) is 27.0 Å². The highest BCUT2D eigenvalue weighted by Gasteiger charge is 2.22. The van der Waals surface area contributed by atoms with Crippen molar-refractivity contribution in [2.75, 3.05) is 5.32 Å². The molecule has 162 valence electrons. The summed E-state index contributed by atoms with van der Waals surface area (Å²) in [4.78, 5) is 46.2. The van der Waals surface area contributed by atoms with Crippen molar-refractivity contribution in [3.8, 4) is 0 Å². The average molecular weight is 480 g/mol. The quantitative estimate of drug-likeness (QED) is 0.513. The summed E-state index contributed by atoms with van der Waals surface area (Å²) in [7, 11) is 0. The number of thiophene rings is 1. The predicted octanol–water partition coefficient (Wildman–Crippen LogP) is 4.28. The van der Waals surface area contributed by atoms with Gasteiger partial charge >= 0.3 is 5.97 Å².